The molecule has 166 valence electrons. The number of amides is 2. The van der Waals surface area contributed by atoms with Crippen LogP contribution in [0.15, 0.2) is 71.5 Å². The van der Waals surface area contributed by atoms with Crippen molar-refractivity contribution in [2.45, 2.75) is 19.9 Å². The van der Waals surface area contributed by atoms with Crippen molar-refractivity contribution in [3.05, 3.63) is 100 Å². The third kappa shape index (κ3) is 4.03. The molecule has 1 aliphatic heterocycles. The third-order valence-corrected chi connectivity index (χ3v) is 6.10. The SMILES string of the molecule is Cc1nn(Cc2ccccc2)c(Cl)c1C(=O)Nc1ccc2c(c1)CCN2C(=O)c1ccoc1. The van der Waals surface area contributed by atoms with Gasteiger partial charge in [0.1, 0.15) is 11.4 Å². The molecule has 4 aromatic rings. The highest BCUT2D eigenvalue weighted by molar-refractivity contribution is 6.33. The number of furan rings is 1. The average molecular weight is 461 g/mol. The topological polar surface area (TPSA) is 80.4 Å². The Labute approximate surface area is 195 Å². The Kier molecular flexibility index (Phi) is 5.48. The largest absolute Gasteiger partial charge is 0.472 e. The Morgan fingerprint density at radius 2 is 1.97 bits per heavy atom. The molecule has 0 unspecified atom stereocenters. The molecule has 8 heteroatoms. The fraction of sp³-hybridized carbons (Fsp3) is 0.160. The lowest BCUT2D eigenvalue weighted by Gasteiger charge is -2.16. The Bertz CT molecular complexity index is 1330. The van der Waals surface area contributed by atoms with Crippen molar-refractivity contribution in [3.8, 4) is 0 Å². The predicted molar refractivity (Wildman–Crippen MR) is 126 cm³/mol. The number of carbonyl (C=O) groups excluding carboxylic acids is 2. The van der Waals surface area contributed by atoms with E-state index in [1.54, 1.807) is 28.6 Å². The monoisotopic (exact) mass is 460 g/mol. The lowest BCUT2D eigenvalue weighted by Crippen LogP contribution is -2.28. The second-order valence-corrected chi connectivity index (χ2v) is 8.27. The van der Waals surface area contributed by atoms with Crippen molar-refractivity contribution < 1.29 is 14.0 Å². The van der Waals surface area contributed by atoms with Crippen LogP contribution in [0.1, 0.15) is 37.5 Å². The number of benzene rings is 2. The highest BCUT2D eigenvalue weighted by atomic mass is 35.5. The van der Waals surface area contributed by atoms with Crippen LogP contribution in [-0.4, -0.2) is 28.1 Å². The highest BCUT2D eigenvalue weighted by Crippen LogP contribution is 2.32. The molecule has 3 heterocycles. The van der Waals surface area contributed by atoms with E-state index < -0.39 is 0 Å². The van der Waals surface area contributed by atoms with E-state index >= 15 is 0 Å². The molecule has 0 fully saturated rings. The Morgan fingerprint density at radius 1 is 1.15 bits per heavy atom. The van der Waals surface area contributed by atoms with Crippen LogP contribution in [0.25, 0.3) is 0 Å². The zero-order chi connectivity index (χ0) is 22.9. The summed E-state index contributed by atoms with van der Waals surface area (Å²) < 4.78 is 6.66. The number of hydrogen-bond donors (Lipinski definition) is 1. The zero-order valence-corrected chi connectivity index (χ0v) is 18.7. The van der Waals surface area contributed by atoms with E-state index in [-0.39, 0.29) is 11.8 Å². The van der Waals surface area contributed by atoms with E-state index in [2.05, 4.69) is 10.4 Å². The van der Waals surface area contributed by atoms with E-state index in [9.17, 15) is 9.59 Å². The van der Waals surface area contributed by atoms with Crippen LogP contribution >= 0.6 is 11.6 Å². The van der Waals surface area contributed by atoms with Crippen molar-refractivity contribution in [2.75, 3.05) is 16.8 Å². The van der Waals surface area contributed by atoms with Crippen molar-refractivity contribution in [1.82, 2.24) is 9.78 Å². The number of nitrogens with zero attached hydrogens (tertiary/aromatic N) is 3. The van der Waals surface area contributed by atoms with Gasteiger partial charge < -0.3 is 14.6 Å². The Morgan fingerprint density at radius 3 is 2.73 bits per heavy atom. The van der Waals surface area contributed by atoms with Crippen molar-refractivity contribution in [3.63, 3.8) is 0 Å². The molecule has 0 spiro atoms. The maximum atomic E-state index is 13.0. The van der Waals surface area contributed by atoms with Gasteiger partial charge in [-0.2, -0.15) is 5.10 Å². The minimum absolute atomic E-state index is 0.104. The first-order valence-corrected chi connectivity index (χ1v) is 10.9. The number of aryl methyl sites for hydroxylation is 1. The van der Waals surface area contributed by atoms with Gasteiger partial charge in [0.15, 0.2) is 0 Å². The van der Waals surface area contributed by atoms with Gasteiger partial charge in [-0.3, -0.25) is 9.59 Å². The minimum Gasteiger partial charge on any atom is -0.472 e. The summed E-state index contributed by atoms with van der Waals surface area (Å²) in [5.74, 6) is -0.423. The van der Waals surface area contributed by atoms with Gasteiger partial charge in [0.2, 0.25) is 0 Å². The number of anilines is 2. The zero-order valence-electron chi connectivity index (χ0n) is 17.9. The number of rotatable bonds is 5. The lowest BCUT2D eigenvalue weighted by molar-refractivity contribution is 0.0987. The van der Waals surface area contributed by atoms with Crippen molar-refractivity contribution in [1.29, 1.82) is 0 Å². The molecule has 2 amide bonds. The first kappa shape index (κ1) is 21.0. The van der Waals surface area contributed by atoms with E-state index in [1.165, 1.54) is 12.5 Å². The molecule has 0 saturated heterocycles. The van der Waals surface area contributed by atoms with Crippen LogP contribution in [0, 0.1) is 6.92 Å². The number of hydrogen-bond acceptors (Lipinski definition) is 4. The summed E-state index contributed by atoms with van der Waals surface area (Å²) in [5, 5.41) is 7.67. The highest BCUT2D eigenvalue weighted by Gasteiger charge is 2.27. The van der Waals surface area contributed by atoms with Gasteiger partial charge in [-0.25, -0.2) is 4.68 Å². The molecule has 0 radical (unpaired) electrons. The summed E-state index contributed by atoms with van der Waals surface area (Å²) in [4.78, 5) is 27.4. The van der Waals surface area contributed by atoms with Gasteiger partial charge in [0, 0.05) is 17.9 Å². The molecule has 7 nitrogen and oxygen atoms in total. The second-order valence-electron chi connectivity index (χ2n) is 7.91. The van der Waals surface area contributed by atoms with Crippen LogP contribution in [0.3, 0.4) is 0 Å². The van der Waals surface area contributed by atoms with Crippen molar-refractivity contribution >= 4 is 34.8 Å². The van der Waals surface area contributed by atoms with E-state index in [4.69, 9.17) is 16.0 Å². The predicted octanol–water partition coefficient (Wildman–Crippen LogP) is 4.94. The number of carbonyl (C=O) groups is 2. The quantitative estimate of drug-likeness (QED) is 0.457. The summed E-state index contributed by atoms with van der Waals surface area (Å²) in [5.41, 5.74) is 4.94. The lowest BCUT2D eigenvalue weighted by atomic mass is 10.1. The first-order valence-electron chi connectivity index (χ1n) is 10.6. The molecular formula is C25H21ClN4O3. The van der Waals surface area contributed by atoms with Crippen LogP contribution < -0.4 is 10.2 Å². The van der Waals surface area contributed by atoms with Gasteiger partial charge in [-0.1, -0.05) is 41.9 Å². The molecule has 2 aromatic carbocycles. The van der Waals surface area contributed by atoms with Crippen molar-refractivity contribution in [2.24, 2.45) is 0 Å². The molecule has 0 atom stereocenters. The summed E-state index contributed by atoms with van der Waals surface area (Å²) in [6.07, 6.45) is 3.63. The normalized spacial score (nSPS) is 12.6. The van der Waals surface area contributed by atoms with E-state index in [0.717, 1.165) is 16.8 Å². The standard InChI is InChI=1S/C25H21ClN4O3/c1-16-22(23(26)30(28-16)14-17-5-3-2-4-6-17)24(31)27-20-7-8-21-18(13-20)9-11-29(21)25(32)19-10-12-33-15-19/h2-8,10,12-13,15H,9,11,14H2,1H3,(H,27,31). The maximum absolute atomic E-state index is 13.0. The minimum atomic E-state index is -0.318. The van der Waals surface area contributed by atoms with Crippen LogP contribution in [0.2, 0.25) is 5.15 Å². The van der Waals surface area contributed by atoms with Crippen LogP contribution in [0.5, 0.6) is 0 Å². The molecular weight excluding hydrogens is 440 g/mol. The molecule has 1 aliphatic rings. The van der Waals surface area contributed by atoms with Crippen LogP contribution in [0.4, 0.5) is 11.4 Å². The Hall–Kier alpha value is -3.84. The number of fused-ring (bicyclic) bond motifs is 1. The molecule has 0 bridgehead atoms. The smallest absolute Gasteiger partial charge is 0.261 e. The summed E-state index contributed by atoms with van der Waals surface area (Å²) >= 11 is 6.53. The fourth-order valence-corrected chi connectivity index (χ4v) is 4.42. The molecule has 5 rings (SSSR count). The molecule has 1 N–H and O–H groups in total. The van der Waals surface area contributed by atoms with Gasteiger partial charge >= 0.3 is 0 Å². The van der Waals surface area contributed by atoms with E-state index in [0.29, 0.717) is 47.2 Å². The summed E-state index contributed by atoms with van der Waals surface area (Å²) in [6.45, 7) is 2.82. The summed E-state index contributed by atoms with van der Waals surface area (Å²) in [7, 11) is 0. The average Bonchev–Trinajstić information content (AvgIpc) is 3.54. The maximum Gasteiger partial charge on any atom is 0.261 e. The Balaban J connectivity index is 1.33. The number of halogens is 1. The first-order chi connectivity index (χ1) is 16.0. The van der Waals surface area contributed by atoms with Crippen LogP contribution in [-0.2, 0) is 13.0 Å². The second kappa shape index (κ2) is 8.60. The van der Waals surface area contributed by atoms with Gasteiger partial charge in [0.25, 0.3) is 11.8 Å². The molecule has 2 aromatic heterocycles. The molecule has 0 saturated carbocycles. The third-order valence-electron chi connectivity index (χ3n) is 5.71. The fourth-order valence-electron chi connectivity index (χ4n) is 4.10. The van der Waals surface area contributed by atoms with E-state index in [1.807, 2.05) is 42.5 Å². The number of aromatic nitrogens is 2. The summed E-state index contributed by atoms with van der Waals surface area (Å²) in [6, 6.07) is 17.0. The van der Waals surface area contributed by atoms with Gasteiger partial charge in [-0.05, 0) is 48.7 Å². The molecule has 0 aliphatic carbocycles. The molecule has 33 heavy (non-hydrogen) atoms. The van der Waals surface area contributed by atoms with Gasteiger partial charge in [-0.15, -0.1) is 0 Å². The number of nitrogens with one attached hydrogen (secondary N) is 1. The van der Waals surface area contributed by atoms with Gasteiger partial charge in [0.05, 0.1) is 29.6 Å².